The fourth-order valence-electron chi connectivity index (χ4n) is 5.45. The minimum absolute atomic E-state index is 0.0855. The highest BCUT2D eigenvalue weighted by molar-refractivity contribution is 7.99. The van der Waals surface area contributed by atoms with Gasteiger partial charge in [-0.15, -0.1) is 17.2 Å². The highest BCUT2D eigenvalue weighted by atomic mass is 32.2. The molecular formula is C21H29NO4S3. The maximum Gasteiger partial charge on any atom is 0.366 e. The van der Waals surface area contributed by atoms with Crippen LogP contribution in [0.3, 0.4) is 0 Å². The molecule has 4 fully saturated rings. The van der Waals surface area contributed by atoms with E-state index in [0.717, 1.165) is 41.9 Å². The number of thiophene rings is 1. The van der Waals surface area contributed by atoms with Crippen molar-refractivity contribution in [2.45, 2.75) is 62.0 Å². The number of esters is 1. The normalized spacial score (nSPS) is 32.0. The molecule has 29 heavy (non-hydrogen) atoms. The lowest BCUT2D eigenvalue weighted by Gasteiger charge is -2.56. The standard InChI is InChI=1S/C21H29NO4S3/c1-13(10-27)19(23)25-18(12-29-17-2-3-28-11-17)20(24)26-22-21-7-14-4-15(8-21)6-16(5-14)9-21/h2-3,11,13-16,18,22,27H,4-10,12H2,1H3/t13-,14?,15?,16?,18+,21?/m1/s1. The quantitative estimate of drug-likeness (QED) is 0.250. The summed E-state index contributed by atoms with van der Waals surface area (Å²) in [5.74, 6) is 1.69. The summed E-state index contributed by atoms with van der Waals surface area (Å²) in [4.78, 5) is 31.8. The van der Waals surface area contributed by atoms with Crippen molar-refractivity contribution >= 4 is 47.7 Å². The van der Waals surface area contributed by atoms with Crippen LogP contribution in [0.4, 0.5) is 0 Å². The summed E-state index contributed by atoms with van der Waals surface area (Å²) in [6.45, 7) is 1.75. The lowest BCUT2D eigenvalue weighted by atomic mass is 9.53. The van der Waals surface area contributed by atoms with Crippen molar-refractivity contribution in [3.05, 3.63) is 16.8 Å². The first-order valence-electron chi connectivity index (χ1n) is 10.4. The van der Waals surface area contributed by atoms with Gasteiger partial charge in [-0.1, -0.05) is 6.92 Å². The maximum atomic E-state index is 12.9. The van der Waals surface area contributed by atoms with Gasteiger partial charge in [0.2, 0.25) is 6.10 Å². The zero-order valence-electron chi connectivity index (χ0n) is 16.7. The fourth-order valence-corrected chi connectivity index (χ4v) is 7.35. The predicted octanol–water partition coefficient (Wildman–Crippen LogP) is 4.33. The molecule has 0 spiro atoms. The van der Waals surface area contributed by atoms with E-state index < -0.39 is 18.0 Å². The highest BCUT2D eigenvalue weighted by Gasteiger charge is 2.51. The second kappa shape index (κ2) is 9.20. The first-order valence-corrected chi connectivity index (χ1v) is 13.0. The van der Waals surface area contributed by atoms with E-state index in [9.17, 15) is 9.59 Å². The third-order valence-corrected chi connectivity index (χ3v) is 8.94. The van der Waals surface area contributed by atoms with Gasteiger partial charge >= 0.3 is 11.9 Å². The molecule has 0 saturated heterocycles. The number of hydroxylamine groups is 1. The maximum absolute atomic E-state index is 12.9. The summed E-state index contributed by atoms with van der Waals surface area (Å²) < 4.78 is 5.51. The molecule has 1 heterocycles. The molecule has 5 rings (SSSR count). The van der Waals surface area contributed by atoms with E-state index in [0.29, 0.717) is 11.5 Å². The Morgan fingerprint density at radius 2 is 1.90 bits per heavy atom. The van der Waals surface area contributed by atoms with Gasteiger partial charge in [0.05, 0.1) is 11.5 Å². The van der Waals surface area contributed by atoms with Gasteiger partial charge in [0.1, 0.15) is 0 Å². The van der Waals surface area contributed by atoms with Crippen molar-refractivity contribution in [3.63, 3.8) is 0 Å². The average molecular weight is 456 g/mol. The molecule has 4 saturated carbocycles. The number of nitrogens with one attached hydrogen (secondary N) is 1. The topological polar surface area (TPSA) is 64.6 Å². The van der Waals surface area contributed by atoms with Crippen LogP contribution in [0, 0.1) is 23.7 Å². The second-order valence-corrected chi connectivity index (χ2v) is 11.2. The molecule has 0 aromatic carbocycles. The van der Waals surface area contributed by atoms with Crippen molar-refractivity contribution in [1.29, 1.82) is 0 Å². The van der Waals surface area contributed by atoms with Crippen LogP contribution >= 0.6 is 35.7 Å². The average Bonchev–Trinajstić information content (AvgIpc) is 3.21. The van der Waals surface area contributed by atoms with E-state index in [2.05, 4.69) is 18.1 Å². The van der Waals surface area contributed by atoms with Crippen LogP contribution in [-0.4, -0.2) is 35.1 Å². The Kier molecular flexibility index (Phi) is 6.83. The summed E-state index contributed by atoms with van der Waals surface area (Å²) in [5.41, 5.74) is 3.07. The van der Waals surface area contributed by atoms with Crippen molar-refractivity contribution in [2.24, 2.45) is 23.7 Å². The molecule has 4 aliphatic rings. The van der Waals surface area contributed by atoms with E-state index in [4.69, 9.17) is 9.57 Å². The Balaban J connectivity index is 1.36. The molecule has 1 aromatic heterocycles. The van der Waals surface area contributed by atoms with Crippen LogP contribution in [-0.2, 0) is 19.2 Å². The van der Waals surface area contributed by atoms with Gasteiger partial charge in [-0.05, 0) is 67.7 Å². The third kappa shape index (κ3) is 5.14. The van der Waals surface area contributed by atoms with E-state index in [1.165, 1.54) is 31.0 Å². The van der Waals surface area contributed by atoms with Crippen LogP contribution in [0.2, 0.25) is 0 Å². The largest absolute Gasteiger partial charge is 0.449 e. The number of carbonyl (C=O) groups excluding carboxylic acids is 2. The molecule has 5 nitrogen and oxygen atoms in total. The number of hydrogen-bond acceptors (Lipinski definition) is 8. The Morgan fingerprint density at radius 3 is 2.45 bits per heavy atom. The number of thiol groups is 1. The highest BCUT2D eigenvalue weighted by Crippen LogP contribution is 2.55. The number of carbonyl (C=O) groups is 2. The van der Waals surface area contributed by atoms with Gasteiger partial charge in [0.25, 0.3) is 0 Å². The molecule has 4 aliphatic carbocycles. The van der Waals surface area contributed by atoms with Gasteiger partial charge in [0, 0.05) is 21.8 Å². The van der Waals surface area contributed by atoms with Crippen molar-refractivity contribution in [2.75, 3.05) is 11.5 Å². The van der Waals surface area contributed by atoms with Gasteiger partial charge < -0.3 is 9.57 Å². The van der Waals surface area contributed by atoms with E-state index in [-0.39, 0.29) is 11.5 Å². The van der Waals surface area contributed by atoms with Gasteiger partial charge in [-0.25, -0.2) is 4.79 Å². The molecule has 0 amide bonds. The van der Waals surface area contributed by atoms with Gasteiger partial charge in [-0.3, -0.25) is 4.79 Å². The SMILES string of the molecule is C[C@H](CS)C(=O)O[C@@H](CSc1ccsc1)C(=O)ONC12CC3CC(CC(C3)C1)C2. The van der Waals surface area contributed by atoms with Crippen LogP contribution < -0.4 is 5.48 Å². The number of hydrogen-bond donors (Lipinski definition) is 2. The Morgan fingerprint density at radius 1 is 1.24 bits per heavy atom. The van der Waals surface area contributed by atoms with Crippen LogP contribution in [0.1, 0.15) is 45.4 Å². The first kappa shape index (κ1) is 21.5. The monoisotopic (exact) mass is 455 g/mol. The van der Waals surface area contributed by atoms with E-state index in [1.54, 1.807) is 18.3 Å². The number of ether oxygens (including phenoxy) is 1. The summed E-state index contributed by atoms with van der Waals surface area (Å²) in [5, 5.41) is 4.00. The van der Waals surface area contributed by atoms with Gasteiger partial charge in [0.15, 0.2) is 0 Å². The Bertz CT molecular complexity index is 688. The second-order valence-electron chi connectivity index (χ2n) is 9.00. The summed E-state index contributed by atoms with van der Waals surface area (Å²) in [6.07, 6.45) is 6.29. The zero-order chi connectivity index (χ0) is 20.4. The molecule has 0 radical (unpaired) electrons. The zero-order valence-corrected chi connectivity index (χ0v) is 19.2. The summed E-state index contributed by atoms with van der Waals surface area (Å²) in [6, 6.07) is 1.99. The lowest BCUT2D eigenvalue weighted by molar-refractivity contribution is -0.182. The molecule has 4 bridgehead atoms. The first-order chi connectivity index (χ1) is 14.0. The predicted molar refractivity (Wildman–Crippen MR) is 118 cm³/mol. The van der Waals surface area contributed by atoms with Crippen LogP contribution in [0.5, 0.6) is 0 Å². The van der Waals surface area contributed by atoms with Gasteiger partial charge in [-0.2, -0.15) is 24.0 Å². The summed E-state index contributed by atoms with van der Waals surface area (Å²) in [7, 11) is 0. The van der Waals surface area contributed by atoms with Crippen molar-refractivity contribution in [1.82, 2.24) is 5.48 Å². The number of thioether (sulfide) groups is 1. The lowest BCUT2D eigenvalue weighted by Crippen LogP contribution is -2.59. The smallest absolute Gasteiger partial charge is 0.366 e. The Labute approximate surface area is 186 Å². The molecule has 1 N–H and O–H groups in total. The van der Waals surface area contributed by atoms with Crippen LogP contribution in [0.25, 0.3) is 0 Å². The Hall–Kier alpha value is -0.700. The molecule has 8 heteroatoms. The van der Waals surface area contributed by atoms with Crippen molar-refractivity contribution in [3.8, 4) is 0 Å². The van der Waals surface area contributed by atoms with E-state index in [1.807, 2.05) is 16.8 Å². The fraction of sp³-hybridized carbons (Fsp3) is 0.714. The van der Waals surface area contributed by atoms with Crippen molar-refractivity contribution < 1.29 is 19.2 Å². The number of rotatable bonds is 9. The minimum Gasteiger partial charge on any atom is -0.449 e. The third-order valence-electron chi connectivity index (χ3n) is 6.50. The molecule has 160 valence electrons. The van der Waals surface area contributed by atoms with E-state index >= 15 is 0 Å². The molecule has 0 aliphatic heterocycles. The molecule has 1 aromatic rings. The molecular weight excluding hydrogens is 426 g/mol. The molecule has 0 unspecified atom stereocenters. The summed E-state index contributed by atoms with van der Waals surface area (Å²) >= 11 is 7.25. The minimum atomic E-state index is -0.934. The van der Waals surface area contributed by atoms with Crippen LogP contribution in [0.15, 0.2) is 21.7 Å². The molecule has 2 atom stereocenters.